The van der Waals surface area contributed by atoms with Crippen molar-refractivity contribution in [2.75, 3.05) is 13.1 Å². The molecule has 0 saturated carbocycles. The van der Waals surface area contributed by atoms with Gasteiger partial charge in [0.2, 0.25) is 0 Å². The number of carboxylic acids is 1. The highest BCUT2D eigenvalue weighted by Gasteiger charge is 2.26. The predicted octanol–water partition coefficient (Wildman–Crippen LogP) is 3.14. The summed E-state index contributed by atoms with van der Waals surface area (Å²) >= 11 is 0. The van der Waals surface area contributed by atoms with E-state index in [4.69, 9.17) is 5.11 Å². The average molecular weight is 241 g/mol. The summed E-state index contributed by atoms with van der Waals surface area (Å²) in [6.45, 7) is 6.60. The van der Waals surface area contributed by atoms with Crippen LogP contribution >= 0.6 is 0 Å². The van der Waals surface area contributed by atoms with Gasteiger partial charge in [0.1, 0.15) is 0 Å². The number of hydrogen-bond donors (Lipinski definition) is 1. The molecule has 2 atom stereocenters. The van der Waals surface area contributed by atoms with Crippen molar-refractivity contribution < 1.29 is 9.90 Å². The Morgan fingerprint density at radius 2 is 2.18 bits per heavy atom. The largest absolute Gasteiger partial charge is 0.481 e. The van der Waals surface area contributed by atoms with Gasteiger partial charge in [-0.15, -0.1) is 0 Å². The minimum absolute atomic E-state index is 0.346. The van der Waals surface area contributed by atoms with E-state index >= 15 is 0 Å². The van der Waals surface area contributed by atoms with E-state index in [-0.39, 0.29) is 0 Å². The lowest BCUT2D eigenvalue weighted by atomic mass is 10.1. The Hall–Kier alpha value is -0.570. The van der Waals surface area contributed by atoms with Gasteiger partial charge < -0.3 is 10.0 Å². The number of carbonyl (C=O) groups is 1. The molecule has 3 heteroatoms. The Balaban J connectivity index is 2.16. The van der Waals surface area contributed by atoms with Crippen LogP contribution in [0.3, 0.4) is 0 Å². The van der Waals surface area contributed by atoms with E-state index in [1.54, 1.807) is 0 Å². The monoisotopic (exact) mass is 241 g/mol. The number of hydrogen-bond acceptors (Lipinski definition) is 2. The topological polar surface area (TPSA) is 40.5 Å². The minimum Gasteiger partial charge on any atom is -0.481 e. The molecule has 0 aromatic heterocycles. The molecular formula is C14H27NO2. The van der Waals surface area contributed by atoms with Crippen LogP contribution in [0.2, 0.25) is 0 Å². The van der Waals surface area contributed by atoms with Crippen molar-refractivity contribution in [2.45, 2.75) is 64.8 Å². The summed E-state index contributed by atoms with van der Waals surface area (Å²) in [5.74, 6) is -0.266. The molecule has 1 fully saturated rings. The molecule has 100 valence electrons. The standard InChI is InChI=1S/C14H27NO2/c1-3-4-5-6-7-12(2)15-9-8-13(11-15)10-14(16)17/h12-13H,3-11H2,1-2H3,(H,16,17). The molecule has 0 aromatic rings. The van der Waals surface area contributed by atoms with Crippen LogP contribution in [0, 0.1) is 5.92 Å². The van der Waals surface area contributed by atoms with E-state index < -0.39 is 5.97 Å². The van der Waals surface area contributed by atoms with Crippen LogP contribution in [0.4, 0.5) is 0 Å². The van der Waals surface area contributed by atoms with Gasteiger partial charge in [0, 0.05) is 19.0 Å². The fourth-order valence-electron chi connectivity index (χ4n) is 2.73. The Morgan fingerprint density at radius 3 is 2.82 bits per heavy atom. The molecular weight excluding hydrogens is 214 g/mol. The molecule has 1 aliphatic heterocycles. The summed E-state index contributed by atoms with van der Waals surface area (Å²) in [6, 6.07) is 0.630. The first kappa shape index (κ1) is 14.5. The summed E-state index contributed by atoms with van der Waals surface area (Å²) in [7, 11) is 0. The van der Waals surface area contributed by atoms with Crippen molar-refractivity contribution in [3.05, 3.63) is 0 Å². The SMILES string of the molecule is CCCCCCC(C)N1CCC(CC(=O)O)C1. The predicted molar refractivity (Wildman–Crippen MR) is 70.2 cm³/mol. The molecule has 17 heavy (non-hydrogen) atoms. The van der Waals surface area contributed by atoms with Crippen molar-refractivity contribution in [3.8, 4) is 0 Å². The molecule has 0 amide bonds. The van der Waals surface area contributed by atoms with E-state index in [0.29, 0.717) is 18.4 Å². The zero-order chi connectivity index (χ0) is 12.7. The number of carboxylic acid groups (broad SMARTS) is 1. The zero-order valence-corrected chi connectivity index (χ0v) is 11.3. The first-order chi connectivity index (χ1) is 8.13. The van der Waals surface area contributed by atoms with Crippen LogP contribution < -0.4 is 0 Å². The molecule has 1 heterocycles. The highest BCUT2D eigenvalue weighted by molar-refractivity contribution is 5.67. The minimum atomic E-state index is -0.646. The first-order valence-corrected chi connectivity index (χ1v) is 7.09. The van der Waals surface area contributed by atoms with Gasteiger partial charge in [-0.05, 0) is 32.2 Å². The highest BCUT2D eigenvalue weighted by atomic mass is 16.4. The molecule has 1 N–H and O–H groups in total. The van der Waals surface area contributed by atoms with Crippen molar-refractivity contribution >= 4 is 5.97 Å². The first-order valence-electron chi connectivity index (χ1n) is 7.09. The van der Waals surface area contributed by atoms with Crippen LogP contribution in [0.5, 0.6) is 0 Å². The normalized spacial score (nSPS) is 22.8. The fraction of sp³-hybridized carbons (Fsp3) is 0.929. The van der Waals surface area contributed by atoms with E-state index in [0.717, 1.165) is 19.5 Å². The van der Waals surface area contributed by atoms with Gasteiger partial charge in [0.25, 0.3) is 0 Å². The van der Waals surface area contributed by atoms with Crippen LogP contribution in [0.25, 0.3) is 0 Å². The third-order valence-corrected chi connectivity index (χ3v) is 3.88. The number of likely N-dealkylation sites (tertiary alicyclic amines) is 1. The maximum atomic E-state index is 10.7. The van der Waals surface area contributed by atoms with Crippen LogP contribution in [-0.4, -0.2) is 35.1 Å². The summed E-state index contributed by atoms with van der Waals surface area (Å²) < 4.78 is 0. The van der Waals surface area contributed by atoms with Crippen molar-refractivity contribution in [2.24, 2.45) is 5.92 Å². The Morgan fingerprint density at radius 1 is 1.41 bits per heavy atom. The Kier molecular flexibility index (Phi) is 6.56. The van der Waals surface area contributed by atoms with E-state index in [2.05, 4.69) is 18.7 Å². The van der Waals surface area contributed by atoms with Gasteiger partial charge in [0.15, 0.2) is 0 Å². The maximum absolute atomic E-state index is 10.7. The molecule has 0 aromatic carbocycles. The average Bonchev–Trinajstić information content (AvgIpc) is 2.71. The van der Waals surface area contributed by atoms with Crippen molar-refractivity contribution in [1.82, 2.24) is 4.90 Å². The Labute approximate surface area is 105 Å². The molecule has 1 rings (SSSR count). The number of rotatable bonds is 8. The fourth-order valence-corrected chi connectivity index (χ4v) is 2.73. The molecule has 2 unspecified atom stereocenters. The Bertz CT molecular complexity index is 230. The summed E-state index contributed by atoms with van der Waals surface area (Å²) in [5.41, 5.74) is 0. The zero-order valence-electron chi connectivity index (χ0n) is 11.3. The van der Waals surface area contributed by atoms with Gasteiger partial charge >= 0.3 is 5.97 Å². The van der Waals surface area contributed by atoms with Crippen LogP contribution in [0.15, 0.2) is 0 Å². The molecule has 0 spiro atoms. The lowest BCUT2D eigenvalue weighted by Crippen LogP contribution is -2.31. The lowest BCUT2D eigenvalue weighted by molar-refractivity contribution is -0.138. The second kappa shape index (κ2) is 7.70. The second-order valence-electron chi connectivity index (χ2n) is 5.45. The maximum Gasteiger partial charge on any atom is 0.303 e. The third-order valence-electron chi connectivity index (χ3n) is 3.88. The van der Waals surface area contributed by atoms with Crippen LogP contribution in [0.1, 0.15) is 58.8 Å². The van der Waals surface area contributed by atoms with Gasteiger partial charge in [-0.3, -0.25) is 4.79 Å². The summed E-state index contributed by atoms with van der Waals surface area (Å²) in [6.07, 6.45) is 7.96. The lowest BCUT2D eigenvalue weighted by Gasteiger charge is -2.24. The molecule has 1 aliphatic rings. The quantitative estimate of drug-likeness (QED) is 0.664. The number of unbranched alkanes of at least 4 members (excludes halogenated alkanes) is 3. The van der Waals surface area contributed by atoms with E-state index in [1.165, 1.54) is 32.1 Å². The molecule has 0 aliphatic carbocycles. The van der Waals surface area contributed by atoms with E-state index in [1.807, 2.05) is 0 Å². The molecule has 0 bridgehead atoms. The number of aliphatic carboxylic acids is 1. The third kappa shape index (κ3) is 5.53. The van der Waals surface area contributed by atoms with E-state index in [9.17, 15) is 4.79 Å². The highest BCUT2D eigenvalue weighted by Crippen LogP contribution is 2.23. The number of nitrogens with zero attached hydrogens (tertiary/aromatic N) is 1. The summed E-state index contributed by atoms with van der Waals surface area (Å²) in [4.78, 5) is 13.1. The van der Waals surface area contributed by atoms with Crippen molar-refractivity contribution in [3.63, 3.8) is 0 Å². The van der Waals surface area contributed by atoms with Crippen LogP contribution in [-0.2, 0) is 4.79 Å². The smallest absolute Gasteiger partial charge is 0.303 e. The molecule has 3 nitrogen and oxygen atoms in total. The van der Waals surface area contributed by atoms with Gasteiger partial charge in [-0.1, -0.05) is 32.6 Å². The van der Waals surface area contributed by atoms with Crippen molar-refractivity contribution in [1.29, 1.82) is 0 Å². The van der Waals surface area contributed by atoms with Gasteiger partial charge in [-0.25, -0.2) is 0 Å². The molecule has 1 saturated heterocycles. The summed E-state index contributed by atoms with van der Waals surface area (Å²) in [5, 5.41) is 8.78. The van der Waals surface area contributed by atoms with Gasteiger partial charge in [-0.2, -0.15) is 0 Å². The van der Waals surface area contributed by atoms with Gasteiger partial charge in [0.05, 0.1) is 0 Å². The second-order valence-corrected chi connectivity index (χ2v) is 5.45. The molecule has 0 radical (unpaired) electrons.